The van der Waals surface area contributed by atoms with Gasteiger partial charge in [-0.05, 0) is 40.9 Å². The molecule has 1 fully saturated rings. The summed E-state index contributed by atoms with van der Waals surface area (Å²) in [5.74, 6) is -1.21. The van der Waals surface area contributed by atoms with Crippen LogP contribution in [0.4, 0.5) is 8.78 Å². The molecule has 2 N–H and O–H groups in total. The second-order valence-electron chi connectivity index (χ2n) is 4.59. The third-order valence-corrected chi connectivity index (χ3v) is 3.52. The van der Waals surface area contributed by atoms with E-state index >= 15 is 0 Å². The van der Waals surface area contributed by atoms with Crippen molar-refractivity contribution in [3.63, 3.8) is 0 Å². The highest BCUT2D eigenvalue weighted by molar-refractivity contribution is 9.10. The molecule has 0 aliphatic heterocycles. The van der Waals surface area contributed by atoms with Gasteiger partial charge in [0.25, 0.3) is 0 Å². The summed E-state index contributed by atoms with van der Waals surface area (Å²) in [6.07, 6.45) is 2.41. The normalized spacial score (nSPS) is 14.5. The van der Waals surface area contributed by atoms with Crippen molar-refractivity contribution < 1.29 is 13.6 Å². The molecule has 3 nitrogen and oxygen atoms in total. The van der Waals surface area contributed by atoms with Gasteiger partial charge < -0.3 is 10.6 Å². The molecule has 0 bridgehead atoms. The number of carbonyl (C=O) groups is 1. The van der Waals surface area contributed by atoms with Crippen molar-refractivity contribution in [1.82, 2.24) is 10.6 Å². The molecule has 0 aromatic heterocycles. The smallest absolute Gasteiger partial charge is 0.221 e. The molecular weight excluding hydrogens is 318 g/mol. The van der Waals surface area contributed by atoms with Crippen molar-refractivity contribution in [2.75, 3.05) is 6.54 Å². The minimum Gasteiger partial charge on any atom is -0.353 e. The number of hydrogen-bond acceptors (Lipinski definition) is 2. The van der Waals surface area contributed by atoms with Gasteiger partial charge in [-0.1, -0.05) is 0 Å². The lowest BCUT2D eigenvalue weighted by Gasteiger charge is -2.08. The summed E-state index contributed by atoms with van der Waals surface area (Å²) in [5.41, 5.74) is -0.0167. The fourth-order valence-electron chi connectivity index (χ4n) is 1.67. The minimum absolute atomic E-state index is 0.0167. The van der Waals surface area contributed by atoms with E-state index in [0.29, 0.717) is 19.0 Å². The predicted octanol–water partition coefficient (Wildman–Crippen LogP) is 2.49. The maximum Gasteiger partial charge on any atom is 0.221 e. The van der Waals surface area contributed by atoms with Gasteiger partial charge in [-0.25, -0.2) is 8.78 Å². The van der Waals surface area contributed by atoms with Crippen molar-refractivity contribution >= 4 is 21.8 Å². The molecular formula is C13H15BrF2N2O. The molecule has 104 valence electrons. The molecule has 1 aliphatic carbocycles. The molecule has 1 amide bonds. The Labute approximate surface area is 118 Å². The van der Waals surface area contributed by atoms with Crippen molar-refractivity contribution in [2.24, 2.45) is 0 Å². The summed E-state index contributed by atoms with van der Waals surface area (Å²) in [4.78, 5) is 11.4. The van der Waals surface area contributed by atoms with Crippen molar-refractivity contribution in [2.45, 2.75) is 31.8 Å². The maximum absolute atomic E-state index is 13.6. The highest BCUT2D eigenvalue weighted by Crippen LogP contribution is 2.21. The largest absolute Gasteiger partial charge is 0.353 e. The third kappa shape index (κ3) is 4.24. The first-order chi connectivity index (χ1) is 9.08. The first kappa shape index (κ1) is 14.4. The Kier molecular flexibility index (Phi) is 4.87. The van der Waals surface area contributed by atoms with Gasteiger partial charge in [0.1, 0.15) is 11.6 Å². The molecule has 1 aromatic carbocycles. The summed E-state index contributed by atoms with van der Waals surface area (Å²) >= 11 is 3.01. The Morgan fingerprint density at radius 1 is 1.37 bits per heavy atom. The minimum atomic E-state index is -0.602. The van der Waals surface area contributed by atoms with Crippen LogP contribution in [0.25, 0.3) is 0 Å². The zero-order chi connectivity index (χ0) is 13.8. The molecule has 0 unspecified atom stereocenters. The fourth-order valence-corrected chi connectivity index (χ4v) is 2.05. The van der Waals surface area contributed by atoms with E-state index in [-0.39, 0.29) is 22.5 Å². The summed E-state index contributed by atoms with van der Waals surface area (Å²) in [6.45, 7) is 0.456. The van der Waals surface area contributed by atoms with Crippen LogP contribution in [0.1, 0.15) is 24.8 Å². The highest BCUT2D eigenvalue weighted by Gasteiger charge is 2.22. The number of benzene rings is 1. The maximum atomic E-state index is 13.6. The fraction of sp³-hybridized carbons (Fsp3) is 0.462. The molecule has 6 heteroatoms. The van der Waals surface area contributed by atoms with E-state index < -0.39 is 11.6 Å². The van der Waals surface area contributed by atoms with Crippen LogP contribution < -0.4 is 10.6 Å². The van der Waals surface area contributed by atoms with Crippen LogP contribution in [0.2, 0.25) is 0 Å². The zero-order valence-electron chi connectivity index (χ0n) is 10.3. The van der Waals surface area contributed by atoms with E-state index in [2.05, 4.69) is 26.6 Å². The number of nitrogens with one attached hydrogen (secondary N) is 2. The van der Waals surface area contributed by atoms with Crippen LogP contribution in [0, 0.1) is 11.6 Å². The topological polar surface area (TPSA) is 41.1 Å². The van der Waals surface area contributed by atoms with Crippen LogP contribution in [0.3, 0.4) is 0 Å². The van der Waals surface area contributed by atoms with Gasteiger partial charge in [-0.2, -0.15) is 0 Å². The SMILES string of the molecule is O=C(CCNCc1c(F)ccc(Br)c1F)NC1CC1. The average Bonchev–Trinajstić information content (AvgIpc) is 3.17. The van der Waals surface area contributed by atoms with Crippen molar-refractivity contribution in [3.05, 3.63) is 33.8 Å². The molecule has 1 saturated carbocycles. The van der Waals surface area contributed by atoms with E-state index in [1.807, 2.05) is 0 Å². The number of amides is 1. The van der Waals surface area contributed by atoms with Crippen LogP contribution in [0.5, 0.6) is 0 Å². The van der Waals surface area contributed by atoms with Crippen LogP contribution in [-0.2, 0) is 11.3 Å². The Balaban J connectivity index is 1.76. The molecule has 19 heavy (non-hydrogen) atoms. The van der Waals surface area contributed by atoms with E-state index in [9.17, 15) is 13.6 Å². The standard InChI is InChI=1S/C13H15BrF2N2O/c14-10-3-4-11(15)9(13(10)16)7-17-6-5-12(19)18-8-1-2-8/h3-4,8,17H,1-2,5-7H2,(H,18,19). The molecule has 0 heterocycles. The third-order valence-electron chi connectivity index (χ3n) is 2.91. The molecule has 1 aromatic rings. The van der Waals surface area contributed by atoms with Crippen molar-refractivity contribution in [3.8, 4) is 0 Å². The summed E-state index contributed by atoms with van der Waals surface area (Å²) in [6, 6.07) is 2.88. The highest BCUT2D eigenvalue weighted by atomic mass is 79.9. The molecule has 0 spiro atoms. The lowest BCUT2D eigenvalue weighted by Crippen LogP contribution is -2.29. The quantitative estimate of drug-likeness (QED) is 0.620. The first-order valence-corrected chi connectivity index (χ1v) is 6.99. The Bertz CT molecular complexity index is 478. The number of hydrogen-bond donors (Lipinski definition) is 2. The molecule has 0 atom stereocenters. The van der Waals surface area contributed by atoms with E-state index in [0.717, 1.165) is 12.8 Å². The molecule has 0 radical (unpaired) electrons. The average molecular weight is 333 g/mol. The Morgan fingerprint density at radius 2 is 2.11 bits per heavy atom. The lowest BCUT2D eigenvalue weighted by atomic mass is 10.2. The van der Waals surface area contributed by atoms with Crippen LogP contribution in [0.15, 0.2) is 16.6 Å². The van der Waals surface area contributed by atoms with Gasteiger partial charge in [0.15, 0.2) is 0 Å². The molecule has 2 rings (SSSR count). The van der Waals surface area contributed by atoms with Gasteiger partial charge in [-0.3, -0.25) is 4.79 Å². The second-order valence-corrected chi connectivity index (χ2v) is 5.44. The van der Waals surface area contributed by atoms with E-state index in [1.54, 1.807) is 0 Å². The predicted molar refractivity (Wildman–Crippen MR) is 71.5 cm³/mol. The molecule has 1 aliphatic rings. The molecule has 0 saturated heterocycles. The second kappa shape index (κ2) is 6.43. The van der Waals surface area contributed by atoms with E-state index in [1.165, 1.54) is 12.1 Å². The van der Waals surface area contributed by atoms with Gasteiger partial charge in [-0.15, -0.1) is 0 Å². The summed E-state index contributed by atoms with van der Waals surface area (Å²) in [5, 5.41) is 5.72. The zero-order valence-corrected chi connectivity index (χ0v) is 11.9. The first-order valence-electron chi connectivity index (χ1n) is 6.20. The van der Waals surface area contributed by atoms with Gasteiger partial charge >= 0.3 is 0 Å². The number of rotatable bonds is 6. The van der Waals surface area contributed by atoms with Crippen molar-refractivity contribution in [1.29, 1.82) is 0 Å². The lowest BCUT2D eigenvalue weighted by molar-refractivity contribution is -0.121. The Morgan fingerprint density at radius 3 is 2.79 bits per heavy atom. The van der Waals surface area contributed by atoms with Gasteiger partial charge in [0.05, 0.1) is 4.47 Å². The van der Waals surface area contributed by atoms with Crippen LogP contribution in [-0.4, -0.2) is 18.5 Å². The summed E-state index contributed by atoms with van der Waals surface area (Å²) < 4.78 is 27.3. The number of carbonyl (C=O) groups excluding carboxylic acids is 1. The summed E-state index contributed by atoms with van der Waals surface area (Å²) in [7, 11) is 0. The van der Waals surface area contributed by atoms with Gasteiger partial charge in [0.2, 0.25) is 5.91 Å². The van der Waals surface area contributed by atoms with Crippen LogP contribution >= 0.6 is 15.9 Å². The Hall–Kier alpha value is -1.01. The van der Waals surface area contributed by atoms with E-state index in [4.69, 9.17) is 0 Å². The number of halogens is 3. The van der Waals surface area contributed by atoms with Gasteiger partial charge in [0, 0.05) is 31.1 Å². The monoisotopic (exact) mass is 332 g/mol.